The van der Waals surface area contributed by atoms with Crippen LogP contribution in [0.3, 0.4) is 0 Å². The van der Waals surface area contributed by atoms with Crippen LogP contribution in [0, 0.1) is 6.92 Å². The molecular formula is C22H20N2O3. The number of aryl methyl sites for hydroxylation is 1. The molecule has 2 aromatic carbocycles. The third-order valence-electron chi connectivity index (χ3n) is 4.02. The highest BCUT2D eigenvalue weighted by atomic mass is 16.5. The van der Waals surface area contributed by atoms with Crippen molar-refractivity contribution in [2.45, 2.75) is 13.5 Å². The molecule has 0 saturated heterocycles. The van der Waals surface area contributed by atoms with E-state index in [1.807, 2.05) is 61.5 Å². The van der Waals surface area contributed by atoms with Gasteiger partial charge in [-0.3, -0.25) is 9.78 Å². The molecule has 0 N–H and O–H groups in total. The van der Waals surface area contributed by atoms with E-state index in [2.05, 4.69) is 4.98 Å². The third-order valence-corrected chi connectivity index (χ3v) is 4.02. The highest BCUT2D eigenvalue weighted by molar-refractivity contribution is 5.97. The molecule has 3 rings (SSSR count). The molecule has 27 heavy (non-hydrogen) atoms. The van der Waals surface area contributed by atoms with Gasteiger partial charge in [-0.05, 0) is 42.3 Å². The van der Waals surface area contributed by atoms with Crippen LogP contribution < -0.4 is 4.90 Å². The molecule has 0 atom stereocenters. The number of hydrogen-bond acceptors (Lipinski definition) is 4. The Morgan fingerprint density at radius 3 is 2.52 bits per heavy atom. The summed E-state index contributed by atoms with van der Waals surface area (Å²) in [4.78, 5) is 30.4. The number of hydrogen-bond donors (Lipinski definition) is 0. The molecule has 136 valence electrons. The lowest BCUT2D eigenvalue weighted by Crippen LogP contribution is -2.34. The second kappa shape index (κ2) is 8.76. The summed E-state index contributed by atoms with van der Waals surface area (Å²) < 4.78 is 5.19. The zero-order chi connectivity index (χ0) is 19.1. The first-order valence-corrected chi connectivity index (χ1v) is 8.61. The maximum atomic E-state index is 12.8. The van der Waals surface area contributed by atoms with Crippen molar-refractivity contribution in [2.75, 3.05) is 11.5 Å². The monoisotopic (exact) mass is 360 g/mol. The van der Waals surface area contributed by atoms with Crippen molar-refractivity contribution in [1.82, 2.24) is 4.98 Å². The number of rotatable bonds is 6. The van der Waals surface area contributed by atoms with Crippen LogP contribution in [0.25, 0.3) is 0 Å². The number of ether oxygens (including phenoxy) is 1. The molecule has 0 fully saturated rings. The Morgan fingerprint density at radius 2 is 1.81 bits per heavy atom. The molecule has 5 heteroatoms. The second-order valence-corrected chi connectivity index (χ2v) is 6.12. The SMILES string of the molecule is Cc1cccc(N(Cc2ccccc2)C(=O)COC(=O)c2cccnc2)c1. The fourth-order valence-corrected chi connectivity index (χ4v) is 2.66. The van der Waals surface area contributed by atoms with E-state index >= 15 is 0 Å². The van der Waals surface area contributed by atoms with Crippen molar-refractivity contribution in [1.29, 1.82) is 0 Å². The van der Waals surface area contributed by atoms with Crippen molar-refractivity contribution >= 4 is 17.6 Å². The third kappa shape index (κ3) is 5.01. The number of carbonyl (C=O) groups excluding carboxylic acids is 2. The molecule has 0 aliphatic rings. The zero-order valence-electron chi connectivity index (χ0n) is 15.0. The topological polar surface area (TPSA) is 59.5 Å². The van der Waals surface area contributed by atoms with Crippen LogP contribution in [-0.4, -0.2) is 23.5 Å². The molecule has 0 unspecified atom stereocenters. The number of aromatic nitrogens is 1. The summed E-state index contributed by atoms with van der Waals surface area (Å²) in [6, 6.07) is 20.6. The van der Waals surface area contributed by atoms with E-state index in [0.717, 1.165) is 16.8 Å². The van der Waals surface area contributed by atoms with Gasteiger partial charge in [-0.2, -0.15) is 0 Å². The number of nitrogens with zero attached hydrogens (tertiary/aromatic N) is 2. The summed E-state index contributed by atoms with van der Waals surface area (Å²) in [7, 11) is 0. The van der Waals surface area contributed by atoms with E-state index in [1.165, 1.54) is 6.20 Å². The van der Waals surface area contributed by atoms with Crippen molar-refractivity contribution in [3.05, 3.63) is 95.8 Å². The predicted molar refractivity (Wildman–Crippen MR) is 103 cm³/mol. The number of amides is 1. The van der Waals surface area contributed by atoms with Crippen molar-refractivity contribution in [3.63, 3.8) is 0 Å². The highest BCUT2D eigenvalue weighted by Gasteiger charge is 2.19. The van der Waals surface area contributed by atoms with Gasteiger partial charge in [0.05, 0.1) is 12.1 Å². The van der Waals surface area contributed by atoms with Gasteiger partial charge in [0.15, 0.2) is 6.61 Å². The summed E-state index contributed by atoms with van der Waals surface area (Å²) in [6.07, 6.45) is 2.98. The minimum atomic E-state index is -0.569. The minimum absolute atomic E-state index is 0.290. The Labute approximate surface area is 158 Å². The smallest absolute Gasteiger partial charge is 0.340 e. The number of benzene rings is 2. The van der Waals surface area contributed by atoms with Gasteiger partial charge in [-0.15, -0.1) is 0 Å². The maximum absolute atomic E-state index is 12.8. The van der Waals surface area contributed by atoms with E-state index in [9.17, 15) is 9.59 Å². The number of pyridine rings is 1. The standard InChI is InChI=1S/C22H20N2O3/c1-17-7-5-11-20(13-17)24(15-18-8-3-2-4-9-18)21(25)16-27-22(26)19-10-6-12-23-14-19/h2-14H,15-16H2,1H3. The van der Waals surface area contributed by atoms with Gasteiger partial charge >= 0.3 is 5.97 Å². The summed E-state index contributed by atoms with van der Waals surface area (Å²) in [5, 5.41) is 0. The van der Waals surface area contributed by atoms with Gasteiger partial charge in [0.25, 0.3) is 5.91 Å². The molecule has 1 heterocycles. The molecule has 0 aliphatic heterocycles. The van der Waals surface area contributed by atoms with E-state index in [4.69, 9.17) is 4.74 Å². The molecule has 3 aromatic rings. The molecule has 0 radical (unpaired) electrons. The van der Waals surface area contributed by atoms with Gasteiger partial charge in [0, 0.05) is 18.1 Å². The summed E-state index contributed by atoms with van der Waals surface area (Å²) in [6.45, 7) is 2.03. The lowest BCUT2D eigenvalue weighted by atomic mass is 10.1. The second-order valence-electron chi connectivity index (χ2n) is 6.12. The van der Waals surface area contributed by atoms with Crippen LogP contribution in [0.1, 0.15) is 21.5 Å². The van der Waals surface area contributed by atoms with Crippen molar-refractivity contribution < 1.29 is 14.3 Å². The normalized spacial score (nSPS) is 10.3. The molecule has 1 amide bonds. The number of esters is 1. The van der Waals surface area contributed by atoms with E-state index in [-0.39, 0.29) is 12.5 Å². The molecule has 5 nitrogen and oxygen atoms in total. The summed E-state index contributed by atoms with van der Waals surface area (Å²) >= 11 is 0. The molecular weight excluding hydrogens is 340 g/mol. The molecule has 1 aromatic heterocycles. The first-order chi connectivity index (χ1) is 13.1. The first-order valence-electron chi connectivity index (χ1n) is 8.61. The van der Waals surface area contributed by atoms with Gasteiger partial charge < -0.3 is 9.64 Å². The molecule has 0 saturated carbocycles. The summed E-state index contributed by atoms with van der Waals surface area (Å²) in [5.74, 6) is -0.859. The first kappa shape index (κ1) is 18.3. The Kier molecular flexibility index (Phi) is 5.94. The Morgan fingerprint density at radius 1 is 1.00 bits per heavy atom. The maximum Gasteiger partial charge on any atom is 0.340 e. The Bertz CT molecular complexity index is 911. The Hall–Kier alpha value is -3.47. The quantitative estimate of drug-likeness (QED) is 0.628. The minimum Gasteiger partial charge on any atom is -0.452 e. The largest absolute Gasteiger partial charge is 0.452 e. The molecule has 0 spiro atoms. The molecule has 0 bridgehead atoms. The van der Waals surface area contributed by atoms with E-state index in [0.29, 0.717) is 12.1 Å². The van der Waals surface area contributed by atoms with Crippen molar-refractivity contribution in [2.24, 2.45) is 0 Å². The van der Waals surface area contributed by atoms with Crippen molar-refractivity contribution in [3.8, 4) is 0 Å². The lowest BCUT2D eigenvalue weighted by Gasteiger charge is -2.23. The fraction of sp³-hybridized carbons (Fsp3) is 0.136. The average molecular weight is 360 g/mol. The zero-order valence-corrected chi connectivity index (χ0v) is 15.0. The lowest BCUT2D eigenvalue weighted by molar-refractivity contribution is -0.121. The molecule has 0 aliphatic carbocycles. The highest BCUT2D eigenvalue weighted by Crippen LogP contribution is 2.19. The number of anilines is 1. The van der Waals surface area contributed by atoms with Crippen LogP contribution in [0.2, 0.25) is 0 Å². The van der Waals surface area contributed by atoms with Gasteiger partial charge in [0.2, 0.25) is 0 Å². The predicted octanol–water partition coefficient (Wildman–Crippen LogP) is 3.78. The fourth-order valence-electron chi connectivity index (χ4n) is 2.66. The van der Waals surface area contributed by atoms with Crippen LogP contribution in [0.4, 0.5) is 5.69 Å². The van der Waals surface area contributed by atoms with Crippen LogP contribution in [-0.2, 0) is 16.1 Å². The van der Waals surface area contributed by atoms with Gasteiger partial charge in [-0.1, -0.05) is 42.5 Å². The van der Waals surface area contributed by atoms with E-state index < -0.39 is 5.97 Å². The van der Waals surface area contributed by atoms with Gasteiger partial charge in [-0.25, -0.2) is 4.79 Å². The van der Waals surface area contributed by atoms with Crippen LogP contribution in [0.15, 0.2) is 79.1 Å². The van der Waals surface area contributed by atoms with E-state index in [1.54, 1.807) is 23.2 Å². The Balaban J connectivity index is 1.75. The van der Waals surface area contributed by atoms with Crippen LogP contribution in [0.5, 0.6) is 0 Å². The summed E-state index contributed by atoms with van der Waals surface area (Å²) in [5.41, 5.74) is 3.12. The van der Waals surface area contributed by atoms with Crippen LogP contribution >= 0.6 is 0 Å². The number of carbonyl (C=O) groups is 2. The van der Waals surface area contributed by atoms with Gasteiger partial charge in [0.1, 0.15) is 0 Å². The average Bonchev–Trinajstić information content (AvgIpc) is 2.71.